The van der Waals surface area contributed by atoms with Gasteiger partial charge in [0.15, 0.2) is 5.65 Å². The van der Waals surface area contributed by atoms with E-state index in [1.165, 1.54) is 43.1 Å². The maximum absolute atomic E-state index is 12.7. The van der Waals surface area contributed by atoms with Crippen molar-refractivity contribution in [3.8, 4) is 17.0 Å². The van der Waals surface area contributed by atoms with Crippen LogP contribution in [0.25, 0.3) is 16.9 Å². The zero-order valence-electron chi connectivity index (χ0n) is 13.9. The fraction of sp³-hybridized carbons (Fsp3) is 0.0588. The highest BCUT2D eigenvalue weighted by molar-refractivity contribution is 6.31. The lowest BCUT2D eigenvalue weighted by atomic mass is 10.1. The summed E-state index contributed by atoms with van der Waals surface area (Å²) in [5.74, 6) is -0.610. The number of fused-ring (bicyclic) bond motifs is 1. The Balaban J connectivity index is 1.70. The number of aromatic amines is 1. The summed E-state index contributed by atoms with van der Waals surface area (Å²) in [7, 11) is 0. The first-order chi connectivity index (χ1) is 13.5. The van der Waals surface area contributed by atoms with Crippen LogP contribution in [0.1, 0.15) is 10.4 Å². The molecule has 0 bridgehead atoms. The molecule has 2 N–H and O–H groups in total. The molecule has 1 aromatic carbocycles. The number of amides is 1. The second-order valence-electron chi connectivity index (χ2n) is 5.60. The zero-order chi connectivity index (χ0) is 19.7. The van der Waals surface area contributed by atoms with Gasteiger partial charge < -0.3 is 10.1 Å². The molecule has 0 aliphatic rings. The summed E-state index contributed by atoms with van der Waals surface area (Å²) in [4.78, 5) is 20.8. The molecule has 3 heterocycles. The number of anilines is 1. The van der Waals surface area contributed by atoms with Gasteiger partial charge in [0, 0.05) is 29.2 Å². The highest BCUT2D eigenvalue weighted by Crippen LogP contribution is 2.36. The minimum atomic E-state index is -3.02. The number of halogens is 3. The van der Waals surface area contributed by atoms with E-state index < -0.39 is 12.5 Å². The van der Waals surface area contributed by atoms with E-state index in [0.717, 1.165) is 0 Å². The molecule has 0 aliphatic heterocycles. The van der Waals surface area contributed by atoms with Gasteiger partial charge in [0.05, 0.1) is 17.6 Å². The molecule has 0 saturated heterocycles. The summed E-state index contributed by atoms with van der Waals surface area (Å²) in [5.41, 5.74) is 1.38. The molecule has 0 fully saturated rings. The number of hydrogen-bond donors (Lipinski definition) is 2. The number of carbonyl (C=O) groups excluding carboxylic acids is 1. The zero-order valence-corrected chi connectivity index (χ0v) is 14.7. The summed E-state index contributed by atoms with van der Waals surface area (Å²) in [5, 5.41) is 9.53. The van der Waals surface area contributed by atoms with Crippen LogP contribution in [-0.2, 0) is 0 Å². The van der Waals surface area contributed by atoms with E-state index in [0.29, 0.717) is 10.7 Å². The number of nitrogens with one attached hydrogen (secondary N) is 2. The van der Waals surface area contributed by atoms with E-state index in [1.54, 1.807) is 10.6 Å². The Bertz CT molecular complexity index is 1160. The molecule has 4 aromatic rings. The lowest BCUT2D eigenvalue weighted by Gasteiger charge is -2.12. The summed E-state index contributed by atoms with van der Waals surface area (Å²) in [6.07, 6.45) is 7.43. The van der Waals surface area contributed by atoms with Gasteiger partial charge in [0.1, 0.15) is 17.6 Å². The number of benzene rings is 1. The quantitative estimate of drug-likeness (QED) is 0.529. The van der Waals surface area contributed by atoms with Crippen molar-refractivity contribution in [1.82, 2.24) is 24.6 Å². The van der Waals surface area contributed by atoms with Crippen molar-refractivity contribution >= 4 is 28.8 Å². The molecule has 0 aliphatic carbocycles. The van der Waals surface area contributed by atoms with E-state index in [1.807, 2.05) is 0 Å². The number of imidazole rings is 1. The molecule has 11 heteroatoms. The Morgan fingerprint density at radius 1 is 1.32 bits per heavy atom. The SMILES string of the molecule is O=C(Nc1cn[nH]c1-c1cc(Cl)ccc1OC(F)F)c1cncn2ccnc12. The van der Waals surface area contributed by atoms with Crippen molar-refractivity contribution in [2.24, 2.45) is 0 Å². The lowest BCUT2D eigenvalue weighted by Crippen LogP contribution is -2.14. The van der Waals surface area contributed by atoms with Crippen LogP contribution in [-0.4, -0.2) is 37.1 Å². The van der Waals surface area contributed by atoms with E-state index in [-0.39, 0.29) is 28.3 Å². The third-order valence-electron chi connectivity index (χ3n) is 3.86. The molecule has 0 unspecified atom stereocenters. The van der Waals surface area contributed by atoms with Crippen molar-refractivity contribution in [3.63, 3.8) is 0 Å². The van der Waals surface area contributed by atoms with Gasteiger partial charge in [0.25, 0.3) is 5.91 Å². The van der Waals surface area contributed by atoms with Crippen molar-refractivity contribution in [2.75, 3.05) is 5.32 Å². The minimum Gasteiger partial charge on any atom is -0.434 e. The number of alkyl halides is 2. The molecule has 0 radical (unpaired) electrons. The van der Waals surface area contributed by atoms with Gasteiger partial charge in [-0.1, -0.05) is 11.6 Å². The van der Waals surface area contributed by atoms with Crippen LogP contribution < -0.4 is 10.1 Å². The smallest absolute Gasteiger partial charge is 0.387 e. The number of nitrogens with zero attached hydrogens (tertiary/aromatic N) is 4. The molecular weight excluding hydrogens is 394 g/mol. The molecule has 3 aromatic heterocycles. The Morgan fingerprint density at radius 2 is 2.18 bits per heavy atom. The number of H-pyrrole nitrogens is 1. The van der Waals surface area contributed by atoms with E-state index in [9.17, 15) is 13.6 Å². The van der Waals surface area contributed by atoms with Gasteiger partial charge in [-0.05, 0) is 18.2 Å². The maximum Gasteiger partial charge on any atom is 0.387 e. The van der Waals surface area contributed by atoms with Gasteiger partial charge in [-0.3, -0.25) is 14.3 Å². The summed E-state index contributed by atoms with van der Waals surface area (Å²) >= 11 is 5.99. The van der Waals surface area contributed by atoms with E-state index in [4.69, 9.17) is 11.6 Å². The topological polar surface area (TPSA) is 97.2 Å². The van der Waals surface area contributed by atoms with E-state index in [2.05, 4.69) is 30.2 Å². The standard InChI is InChI=1S/C17H11ClF2N6O2/c18-9-1-2-13(28-17(19)20)10(5-9)14-12(7-23-25-14)24-16(27)11-6-21-8-26-4-3-22-15(11)26/h1-8,17H,(H,23,25)(H,24,27). The third kappa shape index (κ3) is 3.37. The van der Waals surface area contributed by atoms with Crippen LogP contribution in [0.3, 0.4) is 0 Å². The van der Waals surface area contributed by atoms with Crippen LogP contribution >= 0.6 is 11.6 Å². The minimum absolute atomic E-state index is 0.115. The first-order valence-electron chi connectivity index (χ1n) is 7.89. The summed E-state index contributed by atoms with van der Waals surface area (Å²) in [6.45, 7) is -3.02. The number of rotatable bonds is 5. The van der Waals surface area contributed by atoms with Crippen molar-refractivity contribution < 1.29 is 18.3 Å². The Kier molecular flexibility index (Phi) is 4.62. The van der Waals surface area contributed by atoms with Crippen molar-refractivity contribution in [3.05, 3.63) is 59.9 Å². The van der Waals surface area contributed by atoms with E-state index >= 15 is 0 Å². The number of hydrogen-bond acceptors (Lipinski definition) is 5. The van der Waals surface area contributed by atoms with Crippen LogP contribution in [0.2, 0.25) is 5.02 Å². The molecule has 4 rings (SSSR count). The largest absolute Gasteiger partial charge is 0.434 e. The molecule has 142 valence electrons. The Hall–Kier alpha value is -3.53. The highest BCUT2D eigenvalue weighted by atomic mass is 35.5. The average Bonchev–Trinajstić information content (AvgIpc) is 3.31. The number of carbonyl (C=O) groups is 1. The second kappa shape index (κ2) is 7.24. The average molecular weight is 405 g/mol. The predicted octanol–water partition coefficient (Wildman–Crippen LogP) is 3.63. The predicted molar refractivity (Wildman–Crippen MR) is 96.6 cm³/mol. The van der Waals surface area contributed by atoms with Crippen molar-refractivity contribution in [2.45, 2.75) is 6.61 Å². The normalized spacial score (nSPS) is 11.1. The van der Waals surface area contributed by atoms with Gasteiger partial charge in [-0.15, -0.1) is 0 Å². The highest BCUT2D eigenvalue weighted by Gasteiger charge is 2.19. The first-order valence-corrected chi connectivity index (χ1v) is 8.27. The molecule has 0 atom stereocenters. The van der Waals surface area contributed by atoms with Gasteiger partial charge >= 0.3 is 6.61 Å². The van der Waals surface area contributed by atoms with Gasteiger partial charge in [-0.2, -0.15) is 13.9 Å². The lowest BCUT2D eigenvalue weighted by molar-refractivity contribution is -0.0494. The van der Waals surface area contributed by atoms with Crippen molar-refractivity contribution in [1.29, 1.82) is 0 Å². The van der Waals surface area contributed by atoms with Crippen LogP contribution in [0, 0.1) is 0 Å². The monoisotopic (exact) mass is 404 g/mol. The maximum atomic E-state index is 12.7. The first kappa shape index (κ1) is 17.9. The molecule has 0 saturated carbocycles. The fourth-order valence-corrected chi connectivity index (χ4v) is 2.86. The van der Waals surface area contributed by atoms with Gasteiger partial charge in [0.2, 0.25) is 0 Å². The molecular formula is C17H11ClF2N6O2. The number of ether oxygens (including phenoxy) is 1. The fourth-order valence-electron chi connectivity index (χ4n) is 2.68. The Morgan fingerprint density at radius 3 is 3.00 bits per heavy atom. The van der Waals surface area contributed by atoms with Crippen LogP contribution in [0.5, 0.6) is 5.75 Å². The summed E-state index contributed by atoms with van der Waals surface area (Å²) in [6, 6.07) is 4.16. The van der Waals surface area contributed by atoms with Gasteiger partial charge in [-0.25, -0.2) is 9.97 Å². The second-order valence-corrected chi connectivity index (χ2v) is 6.03. The summed E-state index contributed by atoms with van der Waals surface area (Å²) < 4.78 is 31.6. The Labute approximate surface area is 161 Å². The molecule has 0 spiro atoms. The van der Waals surface area contributed by atoms with Crippen LogP contribution in [0.15, 0.2) is 49.3 Å². The molecule has 8 nitrogen and oxygen atoms in total. The third-order valence-corrected chi connectivity index (χ3v) is 4.10. The van der Waals surface area contributed by atoms with Crippen LogP contribution in [0.4, 0.5) is 14.5 Å². The molecule has 1 amide bonds. The number of aromatic nitrogens is 5. The molecule has 28 heavy (non-hydrogen) atoms.